The summed E-state index contributed by atoms with van der Waals surface area (Å²) in [5.41, 5.74) is 4.43. The summed E-state index contributed by atoms with van der Waals surface area (Å²) in [4.78, 5) is 15.5. The van der Waals surface area contributed by atoms with E-state index in [0.29, 0.717) is 36.9 Å². The first-order valence-corrected chi connectivity index (χ1v) is 10.2. The summed E-state index contributed by atoms with van der Waals surface area (Å²) in [5, 5.41) is 0. The van der Waals surface area contributed by atoms with E-state index in [-0.39, 0.29) is 17.4 Å². The number of quaternary nitrogens is 1. The lowest BCUT2D eigenvalue weighted by Gasteiger charge is -2.59. The molecule has 0 N–H and O–H groups in total. The molecule has 1 aliphatic carbocycles. The standard InChI is InChI=1S/C22H25N2O2/c1-24-8-7-22-15-4-2-3-5-16(15)23-19(25)11-17-20(21(22)23)14(10-18(22)24)13(12-24)6-9-26-17/h2-6,14,17-18,20-21H,7-12H2,1H3/q+1/t14-,17-,18+,20-,21-,22+,24-/m0/s1. The van der Waals surface area contributed by atoms with Crippen LogP contribution in [0, 0.1) is 11.8 Å². The Morgan fingerprint density at radius 1 is 1.31 bits per heavy atom. The van der Waals surface area contributed by atoms with Crippen LogP contribution in [0.1, 0.15) is 24.8 Å². The normalized spacial score (nSPS) is 49.6. The highest BCUT2D eigenvalue weighted by Crippen LogP contribution is 2.67. The fraction of sp³-hybridized carbons (Fsp3) is 0.591. The number of carbonyl (C=O) groups is 1. The van der Waals surface area contributed by atoms with Crippen molar-refractivity contribution >= 4 is 11.6 Å². The highest BCUT2D eigenvalue weighted by molar-refractivity contribution is 5.99. The van der Waals surface area contributed by atoms with E-state index >= 15 is 0 Å². The Labute approximate surface area is 154 Å². The van der Waals surface area contributed by atoms with Crippen LogP contribution in [0.25, 0.3) is 0 Å². The number of anilines is 1. The molecule has 26 heavy (non-hydrogen) atoms. The fourth-order valence-corrected chi connectivity index (χ4v) is 8.14. The molecule has 6 aliphatic rings. The topological polar surface area (TPSA) is 29.5 Å². The number of fused-ring (bicyclic) bond motifs is 2. The van der Waals surface area contributed by atoms with Crippen LogP contribution in [0.15, 0.2) is 35.9 Å². The smallest absolute Gasteiger partial charge is 0.229 e. The molecule has 134 valence electrons. The number of ether oxygens (including phenoxy) is 1. The zero-order valence-corrected chi connectivity index (χ0v) is 15.2. The number of carbonyl (C=O) groups excluding carboxylic acids is 1. The third kappa shape index (κ3) is 1.34. The van der Waals surface area contributed by atoms with Crippen LogP contribution in [0.5, 0.6) is 0 Å². The van der Waals surface area contributed by atoms with Crippen LogP contribution in [0.4, 0.5) is 5.69 Å². The summed E-state index contributed by atoms with van der Waals surface area (Å²) >= 11 is 0. The molecule has 1 aromatic carbocycles. The predicted octanol–water partition coefficient (Wildman–Crippen LogP) is 2.24. The van der Waals surface area contributed by atoms with Crippen LogP contribution in [-0.4, -0.2) is 55.3 Å². The van der Waals surface area contributed by atoms with Gasteiger partial charge in [-0.3, -0.25) is 4.79 Å². The second-order valence-electron chi connectivity index (χ2n) is 9.67. The van der Waals surface area contributed by atoms with Crippen LogP contribution in [-0.2, 0) is 14.9 Å². The maximum absolute atomic E-state index is 13.3. The summed E-state index contributed by atoms with van der Waals surface area (Å²) in [6.45, 7) is 3.12. The second kappa shape index (κ2) is 4.26. The summed E-state index contributed by atoms with van der Waals surface area (Å²) < 4.78 is 7.45. The number of rotatable bonds is 0. The van der Waals surface area contributed by atoms with E-state index in [1.54, 1.807) is 5.57 Å². The van der Waals surface area contributed by atoms with E-state index in [0.717, 1.165) is 4.48 Å². The molecule has 7 rings (SSSR count). The number of likely N-dealkylation sites (N-methyl/N-ethyl adjacent to an activating group) is 1. The largest absolute Gasteiger partial charge is 0.373 e. The van der Waals surface area contributed by atoms with E-state index < -0.39 is 0 Å². The highest BCUT2D eigenvalue weighted by Gasteiger charge is 2.75. The van der Waals surface area contributed by atoms with Gasteiger partial charge in [0.1, 0.15) is 12.6 Å². The van der Waals surface area contributed by atoms with Crippen molar-refractivity contribution in [1.29, 1.82) is 0 Å². The fourth-order valence-electron chi connectivity index (χ4n) is 8.14. The van der Waals surface area contributed by atoms with Gasteiger partial charge in [0.05, 0.1) is 44.2 Å². The number of nitrogens with zero attached hydrogens (tertiary/aromatic N) is 2. The van der Waals surface area contributed by atoms with Crippen molar-refractivity contribution in [3.63, 3.8) is 0 Å². The van der Waals surface area contributed by atoms with Gasteiger partial charge in [0.15, 0.2) is 0 Å². The highest BCUT2D eigenvalue weighted by atomic mass is 16.5. The molecule has 1 aromatic rings. The van der Waals surface area contributed by atoms with Gasteiger partial charge in [0.25, 0.3) is 0 Å². The first kappa shape index (κ1) is 14.4. The van der Waals surface area contributed by atoms with Crippen molar-refractivity contribution in [2.75, 3.05) is 31.6 Å². The van der Waals surface area contributed by atoms with E-state index in [1.165, 1.54) is 37.2 Å². The molecule has 3 saturated heterocycles. The Morgan fingerprint density at radius 3 is 3.12 bits per heavy atom. The minimum absolute atomic E-state index is 0.104. The number of piperidine rings is 2. The van der Waals surface area contributed by atoms with Gasteiger partial charge in [-0.05, 0) is 23.1 Å². The van der Waals surface area contributed by atoms with Crippen LogP contribution in [0.2, 0.25) is 0 Å². The van der Waals surface area contributed by atoms with Crippen molar-refractivity contribution < 1.29 is 14.0 Å². The molecule has 4 nitrogen and oxygen atoms in total. The van der Waals surface area contributed by atoms with Crippen molar-refractivity contribution in [2.24, 2.45) is 11.8 Å². The minimum Gasteiger partial charge on any atom is -0.373 e. The van der Waals surface area contributed by atoms with E-state index in [4.69, 9.17) is 4.74 Å². The van der Waals surface area contributed by atoms with Crippen molar-refractivity contribution in [3.8, 4) is 0 Å². The van der Waals surface area contributed by atoms with Gasteiger partial charge in [-0.25, -0.2) is 0 Å². The Balaban J connectivity index is 1.56. The molecule has 2 bridgehead atoms. The Morgan fingerprint density at radius 2 is 2.19 bits per heavy atom. The Bertz CT molecular complexity index is 894. The summed E-state index contributed by atoms with van der Waals surface area (Å²) in [7, 11) is 2.47. The van der Waals surface area contributed by atoms with Gasteiger partial charge in [0.2, 0.25) is 5.91 Å². The zero-order chi connectivity index (χ0) is 17.3. The average molecular weight is 349 g/mol. The van der Waals surface area contributed by atoms with E-state index in [1.807, 2.05) is 0 Å². The van der Waals surface area contributed by atoms with Crippen molar-refractivity contribution in [2.45, 2.75) is 42.9 Å². The molecule has 4 heteroatoms. The van der Waals surface area contributed by atoms with Gasteiger partial charge in [-0.15, -0.1) is 0 Å². The molecular formula is C22H25N2O2+. The Hall–Kier alpha value is -1.65. The molecular weight excluding hydrogens is 324 g/mol. The number of para-hydroxylation sites is 1. The van der Waals surface area contributed by atoms with Gasteiger partial charge >= 0.3 is 0 Å². The van der Waals surface area contributed by atoms with E-state index in [2.05, 4.69) is 42.3 Å². The molecule has 0 radical (unpaired) electrons. The molecule has 7 atom stereocenters. The lowest BCUT2D eigenvalue weighted by molar-refractivity contribution is -0.925. The summed E-state index contributed by atoms with van der Waals surface area (Å²) in [6, 6.07) is 9.76. The molecule has 1 saturated carbocycles. The maximum Gasteiger partial charge on any atom is 0.229 e. The molecule has 4 fully saturated rings. The maximum atomic E-state index is 13.3. The second-order valence-corrected chi connectivity index (χ2v) is 9.67. The van der Waals surface area contributed by atoms with Gasteiger partial charge in [-0.1, -0.05) is 24.3 Å². The first-order valence-electron chi connectivity index (χ1n) is 10.2. The van der Waals surface area contributed by atoms with Gasteiger partial charge < -0.3 is 14.1 Å². The number of hydrogen-bond donors (Lipinski definition) is 0. The molecule has 1 spiro atoms. The lowest BCUT2D eigenvalue weighted by Crippen LogP contribution is -2.72. The third-order valence-electron chi connectivity index (χ3n) is 8.91. The number of hydrogen-bond acceptors (Lipinski definition) is 2. The number of benzene rings is 1. The lowest BCUT2D eigenvalue weighted by atomic mass is 9.53. The monoisotopic (exact) mass is 349 g/mol. The van der Waals surface area contributed by atoms with Crippen LogP contribution >= 0.6 is 0 Å². The Kier molecular flexibility index (Phi) is 2.36. The molecule has 1 amide bonds. The van der Waals surface area contributed by atoms with Crippen molar-refractivity contribution in [3.05, 3.63) is 41.5 Å². The van der Waals surface area contributed by atoms with Gasteiger partial charge in [-0.2, -0.15) is 0 Å². The molecule has 5 heterocycles. The van der Waals surface area contributed by atoms with E-state index in [9.17, 15) is 4.79 Å². The zero-order valence-electron chi connectivity index (χ0n) is 15.2. The predicted molar refractivity (Wildman–Crippen MR) is 97.8 cm³/mol. The third-order valence-corrected chi connectivity index (χ3v) is 8.91. The molecule has 0 aromatic heterocycles. The van der Waals surface area contributed by atoms with Crippen LogP contribution in [0.3, 0.4) is 0 Å². The number of amides is 1. The van der Waals surface area contributed by atoms with Crippen LogP contribution < -0.4 is 4.90 Å². The average Bonchev–Trinajstić information content (AvgIpc) is 3.05. The SMILES string of the molecule is C[N@+]12CC[C@@]34c5ccccc5N5C(=O)C[C@@H]6OCC=C(C1)[C@H](C[C@H]32)[C@@H]6[C@H]54. The summed E-state index contributed by atoms with van der Waals surface area (Å²) in [5.74, 6) is 1.36. The summed E-state index contributed by atoms with van der Waals surface area (Å²) in [6.07, 6.45) is 5.51. The first-order chi connectivity index (χ1) is 12.6. The molecule has 0 unspecified atom stereocenters. The minimum atomic E-state index is 0.104. The van der Waals surface area contributed by atoms with Gasteiger partial charge in [0, 0.05) is 24.4 Å². The molecule has 5 aliphatic heterocycles. The van der Waals surface area contributed by atoms with Crippen molar-refractivity contribution in [1.82, 2.24) is 0 Å². The quantitative estimate of drug-likeness (QED) is 0.531.